The number of hydrogen-bond donors (Lipinski definition) is 2. The molecule has 0 radical (unpaired) electrons. The van der Waals surface area contributed by atoms with Crippen molar-refractivity contribution in [3.8, 4) is 0 Å². The Bertz CT molecular complexity index is 573. The average Bonchev–Trinajstić information content (AvgIpc) is 2.82. The number of aromatic amines is 1. The molecule has 0 fully saturated rings. The summed E-state index contributed by atoms with van der Waals surface area (Å²) in [6, 6.07) is 6.32. The third-order valence-corrected chi connectivity index (χ3v) is 3.73. The molecule has 0 bridgehead atoms. The molecule has 0 unspecified atom stereocenters. The number of rotatable bonds is 2. The predicted octanol–water partition coefficient (Wildman–Crippen LogP) is -0.0864. The van der Waals surface area contributed by atoms with Crippen LogP contribution in [0.25, 0.3) is 4.24 Å². The predicted molar refractivity (Wildman–Crippen MR) is 73.4 cm³/mol. The zero-order chi connectivity index (χ0) is 13.6. The van der Waals surface area contributed by atoms with E-state index in [0.717, 1.165) is 5.56 Å². The Kier molecular flexibility index (Phi) is 9.01. The van der Waals surface area contributed by atoms with Gasteiger partial charge in [0.05, 0.1) is 0 Å². The van der Waals surface area contributed by atoms with E-state index in [1.165, 1.54) is 12.1 Å². The number of halogens is 1. The summed E-state index contributed by atoms with van der Waals surface area (Å²) in [6.07, 6.45) is 3.38. The summed E-state index contributed by atoms with van der Waals surface area (Å²) in [5.41, 5.74) is 0.989. The average molecular weight is 328 g/mol. The van der Waals surface area contributed by atoms with Crippen LogP contribution in [0.1, 0.15) is 5.56 Å². The van der Waals surface area contributed by atoms with Gasteiger partial charge in [-0.15, -0.1) is 12.6 Å². The maximum Gasteiger partial charge on any atom is 1.00 e. The van der Waals surface area contributed by atoms with Crippen LogP contribution in [0.2, 0.25) is 0 Å². The molecule has 0 aliphatic carbocycles. The Morgan fingerprint density at radius 1 is 1.32 bits per heavy atom. The second-order valence-electron chi connectivity index (χ2n) is 3.27. The van der Waals surface area contributed by atoms with Crippen LogP contribution in [0.4, 0.5) is 0 Å². The van der Waals surface area contributed by atoms with Crippen molar-refractivity contribution in [3.05, 3.63) is 46.5 Å². The summed E-state index contributed by atoms with van der Waals surface area (Å²) >= 11 is 8.77. The first-order valence-corrected chi connectivity index (χ1v) is 7.01. The summed E-state index contributed by atoms with van der Waals surface area (Å²) in [5, 5.41) is 0.662. The first kappa shape index (κ1) is 19.0. The standard InChI is InChI=1S/C7H7ClNO2S.C3H4N2S.Na/c1-6-2-4-7(5-3-6)12(10,11)9-8;6-3-4-1-2-5-3;/h2-5H,1H3;1-2H,(H2,4,5,6);/q-1;;+1. The van der Waals surface area contributed by atoms with Crippen LogP contribution >= 0.6 is 24.4 Å². The van der Waals surface area contributed by atoms with Crippen molar-refractivity contribution in [3.63, 3.8) is 0 Å². The molecule has 0 aliphatic heterocycles. The molecule has 1 heterocycles. The number of aromatic nitrogens is 2. The fourth-order valence-corrected chi connectivity index (χ4v) is 1.95. The molecule has 98 valence electrons. The van der Waals surface area contributed by atoms with Crippen LogP contribution in [-0.4, -0.2) is 18.4 Å². The van der Waals surface area contributed by atoms with Gasteiger partial charge in [-0.3, -0.25) is 11.8 Å². The summed E-state index contributed by atoms with van der Waals surface area (Å²) in [6.45, 7) is 1.87. The maximum absolute atomic E-state index is 11.0. The minimum atomic E-state index is -3.62. The molecule has 5 nitrogen and oxygen atoms in total. The van der Waals surface area contributed by atoms with Crippen molar-refractivity contribution in [2.24, 2.45) is 0 Å². The number of sulfonamides is 1. The number of nitrogens with zero attached hydrogens (tertiary/aromatic N) is 2. The zero-order valence-corrected chi connectivity index (χ0v) is 14.9. The van der Waals surface area contributed by atoms with Gasteiger partial charge in [-0.05, 0) is 19.1 Å². The molecule has 1 N–H and O–H groups in total. The van der Waals surface area contributed by atoms with Gasteiger partial charge in [0.2, 0.25) is 0 Å². The van der Waals surface area contributed by atoms with E-state index < -0.39 is 10.0 Å². The molecule has 0 spiro atoms. The summed E-state index contributed by atoms with van der Waals surface area (Å²) in [4.78, 5) is 6.59. The van der Waals surface area contributed by atoms with Crippen LogP contribution in [0, 0.1) is 6.92 Å². The largest absolute Gasteiger partial charge is 1.00 e. The molecular formula is C10H11ClN3NaO2S2. The molecule has 0 saturated carbocycles. The van der Waals surface area contributed by atoms with Crippen molar-refractivity contribution in [1.29, 1.82) is 0 Å². The Morgan fingerprint density at radius 3 is 2.21 bits per heavy atom. The van der Waals surface area contributed by atoms with E-state index in [1.807, 2.05) is 6.92 Å². The van der Waals surface area contributed by atoms with E-state index in [9.17, 15) is 8.42 Å². The first-order chi connectivity index (χ1) is 8.45. The second-order valence-corrected chi connectivity index (χ2v) is 5.67. The smallest absolute Gasteiger partial charge is 0.458 e. The fourth-order valence-electron chi connectivity index (χ4n) is 1.01. The molecule has 19 heavy (non-hydrogen) atoms. The summed E-state index contributed by atoms with van der Waals surface area (Å²) < 4.78 is 24.8. The zero-order valence-electron chi connectivity index (χ0n) is 10.4. The van der Waals surface area contributed by atoms with E-state index in [1.54, 1.807) is 24.5 Å². The fraction of sp³-hybridized carbons (Fsp3) is 0.100. The minimum absolute atomic E-state index is 0. The van der Waals surface area contributed by atoms with Crippen molar-refractivity contribution >= 4 is 34.4 Å². The van der Waals surface area contributed by atoms with Crippen LogP contribution in [0.15, 0.2) is 46.7 Å². The summed E-state index contributed by atoms with van der Waals surface area (Å²) in [5.74, 6) is 0. The molecule has 0 atom stereocenters. The Labute approximate surface area is 145 Å². The van der Waals surface area contributed by atoms with E-state index in [-0.39, 0.29) is 34.5 Å². The molecule has 2 aromatic rings. The quantitative estimate of drug-likeness (QED) is 0.598. The van der Waals surface area contributed by atoms with Gasteiger partial charge in [-0.2, -0.15) is 0 Å². The van der Waals surface area contributed by atoms with Gasteiger partial charge in [0.25, 0.3) is 0 Å². The molecule has 0 amide bonds. The van der Waals surface area contributed by atoms with Gasteiger partial charge in [0.15, 0.2) is 5.16 Å². The van der Waals surface area contributed by atoms with Crippen LogP contribution in [0.5, 0.6) is 0 Å². The maximum atomic E-state index is 11.0. The number of benzene rings is 1. The SMILES string of the molecule is Cc1ccc(S(=O)(=O)[N-]Cl)cc1.Sc1ncc[nH]1.[Na+]. The van der Waals surface area contributed by atoms with Crippen molar-refractivity contribution in [1.82, 2.24) is 9.97 Å². The molecule has 9 heteroatoms. The van der Waals surface area contributed by atoms with E-state index in [2.05, 4.69) is 26.8 Å². The monoisotopic (exact) mass is 327 g/mol. The van der Waals surface area contributed by atoms with Crippen LogP contribution in [0.3, 0.4) is 0 Å². The van der Waals surface area contributed by atoms with Crippen LogP contribution in [-0.2, 0) is 10.0 Å². The van der Waals surface area contributed by atoms with E-state index >= 15 is 0 Å². The molecule has 0 aliphatic rings. The number of H-pyrrole nitrogens is 1. The Morgan fingerprint density at radius 2 is 1.89 bits per heavy atom. The molecule has 1 aromatic heterocycles. The van der Waals surface area contributed by atoms with Crippen molar-refractivity contribution in [2.45, 2.75) is 17.0 Å². The number of hydrogen-bond acceptors (Lipinski definition) is 4. The Balaban J connectivity index is 0.000000392. The first-order valence-electron chi connectivity index (χ1n) is 4.79. The van der Waals surface area contributed by atoms with Gasteiger partial charge < -0.3 is 9.23 Å². The Hall–Kier alpha value is -0.0200. The topological polar surface area (TPSA) is 76.9 Å². The van der Waals surface area contributed by atoms with Gasteiger partial charge in [0, 0.05) is 17.3 Å². The van der Waals surface area contributed by atoms with Crippen LogP contribution < -0.4 is 29.6 Å². The van der Waals surface area contributed by atoms with Gasteiger partial charge >= 0.3 is 29.6 Å². The molecule has 2 rings (SSSR count). The van der Waals surface area contributed by atoms with Crippen molar-refractivity contribution in [2.75, 3.05) is 0 Å². The third-order valence-electron chi connectivity index (χ3n) is 1.89. The third kappa shape index (κ3) is 6.80. The van der Waals surface area contributed by atoms with Gasteiger partial charge in [0.1, 0.15) is 10.0 Å². The van der Waals surface area contributed by atoms with Gasteiger partial charge in [-0.1, -0.05) is 17.7 Å². The normalized spacial score (nSPS) is 10.1. The number of aryl methyl sites for hydroxylation is 1. The number of nitrogens with one attached hydrogen (secondary N) is 1. The van der Waals surface area contributed by atoms with E-state index in [4.69, 9.17) is 11.8 Å². The second kappa shape index (κ2) is 9.02. The van der Waals surface area contributed by atoms with Gasteiger partial charge in [-0.25, -0.2) is 13.4 Å². The molecular weight excluding hydrogens is 317 g/mol. The molecule has 0 saturated heterocycles. The van der Waals surface area contributed by atoms with Crippen molar-refractivity contribution < 1.29 is 38.0 Å². The van der Waals surface area contributed by atoms with E-state index in [0.29, 0.717) is 5.16 Å². The molecule has 1 aromatic carbocycles. The number of thiol groups is 1. The summed E-state index contributed by atoms with van der Waals surface area (Å²) in [7, 11) is -3.62. The number of imidazole rings is 1. The minimum Gasteiger partial charge on any atom is -0.458 e.